The Morgan fingerprint density at radius 1 is 0.743 bits per heavy atom. The summed E-state index contributed by atoms with van der Waals surface area (Å²) in [6.45, 7) is 5.27. The van der Waals surface area contributed by atoms with E-state index in [4.69, 9.17) is 9.73 Å². The summed E-state index contributed by atoms with van der Waals surface area (Å²) < 4.78 is 7.06. The van der Waals surface area contributed by atoms with Crippen LogP contribution < -0.4 is 9.64 Å². The average Bonchev–Trinajstić information content (AvgIpc) is 3.06. The molecular formula is C32H26N2O. The Labute approximate surface area is 205 Å². The van der Waals surface area contributed by atoms with Gasteiger partial charge in [-0.1, -0.05) is 78.9 Å². The molecule has 2 aliphatic heterocycles. The second kappa shape index (κ2) is 7.19. The van der Waals surface area contributed by atoms with E-state index in [0.29, 0.717) is 0 Å². The highest BCUT2D eigenvalue weighted by molar-refractivity contribution is 6.06. The van der Waals surface area contributed by atoms with Crippen LogP contribution in [-0.2, 0) is 12.0 Å². The quantitative estimate of drug-likeness (QED) is 0.254. The highest BCUT2D eigenvalue weighted by atomic mass is 16.5. The maximum Gasteiger partial charge on any atom is 0.229 e. The third kappa shape index (κ3) is 2.81. The molecule has 0 saturated carbocycles. The fraction of sp³-hybridized carbons (Fsp3) is 0.156. The van der Waals surface area contributed by atoms with Gasteiger partial charge in [-0.2, -0.15) is 0 Å². The van der Waals surface area contributed by atoms with Crippen LogP contribution in [0.3, 0.4) is 0 Å². The van der Waals surface area contributed by atoms with Crippen molar-refractivity contribution in [1.82, 2.24) is 0 Å². The summed E-state index contributed by atoms with van der Waals surface area (Å²) in [6.07, 6.45) is 2.05. The summed E-state index contributed by atoms with van der Waals surface area (Å²) in [4.78, 5) is 7.53. The molecule has 1 spiro atoms. The van der Waals surface area contributed by atoms with Crippen LogP contribution in [0, 0.1) is 0 Å². The lowest BCUT2D eigenvalue weighted by Crippen LogP contribution is -2.61. The number of rotatable bonds is 2. The summed E-state index contributed by atoms with van der Waals surface area (Å²) in [5.74, 6) is 0.828. The second-order valence-electron chi connectivity index (χ2n) is 10.1. The molecule has 0 saturated heterocycles. The summed E-state index contributed by atoms with van der Waals surface area (Å²) in [5, 5.41) is 4.74. The highest BCUT2D eigenvalue weighted by Crippen LogP contribution is 2.55. The molecule has 2 aliphatic rings. The molecule has 5 aromatic rings. The van der Waals surface area contributed by atoms with Gasteiger partial charge in [-0.05, 0) is 65.4 Å². The molecule has 0 aliphatic carbocycles. The Hall–Kier alpha value is -4.11. The van der Waals surface area contributed by atoms with Gasteiger partial charge in [0.25, 0.3) is 0 Å². The monoisotopic (exact) mass is 454 g/mol. The van der Waals surface area contributed by atoms with Gasteiger partial charge in [0.15, 0.2) is 0 Å². The first-order valence-electron chi connectivity index (χ1n) is 12.2. The van der Waals surface area contributed by atoms with Gasteiger partial charge in [0.2, 0.25) is 5.72 Å². The van der Waals surface area contributed by atoms with E-state index in [-0.39, 0.29) is 5.41 Å². The van der Waals surface area contributed by atoms with Crippen LogP contribution in [0.2, 0.25) is 0 Å². The first-order valence-corrected chi connectivity index (χ1v) is 12.2. The largest absolute Gasteiger partial charge is 0.459 e. The van der Waals surface area contributed by atoms with Gasteiger partial charge in [0.05, 0.1) is 11.6 Å². The first-order chi connectivity index (χ1) is 17.1. The molecule has 3 nitrogen and oxygen atoms in total. The number of benzene rings is 5. The Kier molecular flexibility index (Phi) is 4.17. The van der Waals surface area contributed by atoms with E-state index in [0.717, 1.165) is 23.4 Å². The van der Waals surface area contributed by atoms with E-state index in [9.17, 15) is 0 Å². The molecule has 0 N–H and O–H groups in total. The van der Waals surface area contributed by atoms with E-state index < -0.39 is 5.72 Å². The van der Waals surface area contributed by atoms with Gasteiger partial charge in [-0.15, -0.1) is 0 Å². The van der Waals surface area contributed by atoms with Crippen molar-refractivity contribution in [2.75, 3.05) is 4.90 Å². The van der Waals surface area contributed by atoms with Gasteiger partial charge in [-0.25, -0.2) is 0 Å². The van der Waals surface area contributed by atoms with Gasteiger partial charge >= 0.3 is 0 Å². The maximum absolute atomic E-state index is 7.06. The van der Waals surface area contributed by atoms with Crippen LogP contribution in [0.4, 0.5) is 11.4 Å². The molecule has 0 aromatic heterocycles. The van der Waals surface area contributed by atoms with Crippen molar-refractivity contribution in [2.45, 2.75) is 31.5 Å². The van der Waals surface area contributed by atoms with Crippen molar-refractivity contribution in [3.8, 4) is 5.75 Å². The number of fused-ring (bicyclic) bond motifs is 5. The zero-order chi connectivity index (χ0) is 23.6. The minimum absolute atomic E-state index is 0.308. The van der Waals surface area contributed by atoms with E-state index in [1.165, 1.54) is 33.0 Å². The fourth-order valence-electron chi connectivity index (χ4n) is 5.87. The Bertz CT molecular complexity index is 1640. The van der Waals surface area contributed by atoms with Crippen LogP contribution in [0.5, 0.6) is 5.75 Å². The number of para-hydroxylation sites is 1. The van der Waals surface area contributed by atoms with Gasteiger partial charge in [0, 0.05) is 17.6 Å². The van der Waals surface area contributed by atoms with Gasteiger partial charge in [0.1, 0.15) is 11.4 Å². The summed E-state index contributed by atoms with van der Waals surface area (Å²) >= 11 is 0. The number of ether oxygens (including phenoxy) is 1. The lowest BCUT2D eigenvalue weighted by molar-refractivity contribution is 0.0764. The van der Waals surface area contributed by atoms with Crippen LogP contribution >= 0.6 is 0 Å². The van der Waals surface area contributed by atoms with Crippen molar-refractivity contribution in [1.29, 1.82) is 0 Å². The van der Waals surface area contributed by atoms with E-state index in [2.05, 4.69) is 122 Å². The summed E-state index contributed by atoms with van der Waals surface area (Å²) in [6, 6.07) is 36.4. The van der Waals surface area contributed by atoms with E-state index in [1.54, 1.807) is 0 Å². The molecule has 35 heavy (non-hydrogen) atoms. The molecule has 7 rings (SSSR count). The number of anilines is 1. The molecule has 0 bridgehead atoms. The number of nitrogens with zero attached hydrogens (tertiary/aromatic N) is 2. The SMILES string of the molecule is CC1(C)c2ccccc2N(Cc2ccccc2)C12C=Nc1c(ccc3cc4ccccc4cc13)O2. The van der Waals surface area contributed by atoms with Crippen LogP contribution in [-0.4, -0.2) is 11.9 Å². The van der Waals surface area contributed by atoms with Crippen molar-refractivity contribution in [3.05, 3.63) is 114 Å². The van der Waals surface area contributed by atoms with Crippen molar-refractivity contribution < 1.29 is 4.74 Å². The molecule has 5 aromatic carbocycles. The van der Waals surface area contributed by atoms with Crippen molar-refractivity contribution >= 4 is 39.1 Å². The maximum atomic E-state index is 7.06. The van der Waals surface area contributed by atoms with Crippen LogP contribution in [0.1, 0.15) is 25.0 Å². The third-order valence-corrected chi connectivity index (χ3v) is 7.80. The Morgan fingerprint density at radius 2 is 1.46 bits per heavy atom. The summed E-state index contributed by atoms with van der Waals surface area (Å²) in [7, 11) is 0. The minimum Gasteiger partial charge on any atom is -0.459 e. The molecule has 3 heteroatoms. The zero-order valence-corrected chi connectivity index (χ0v) is 19.9. The molecule has 1 atom stereocenters. The predicted octanol–water partition coefficient (Wildman–Crippen LogP) is 7.78. The number of hydrogen-bond acceptors (Lipinski definition) is 3. The lowest BCUT2D eigenvalue weighted by Gasteiger charge is -2.46. The standard InChI is InChI=1S/C32H26N2O/c1-31(2)27-14-8-9-15-28(27)34(20-22-10-4-3-5-11-22)32(31)21-33-30-26-19-24-13-7-6-12-23(24)18-25(26)16-17-29(30)35-32/h3-19,21H,20H2,1-2H3. The number of hydrogen-bond donors (Lipinski definition) is 0. The smallest absolute Gasteiger partial charge is 0.229 e. The third-order valence-electron chi connectivity index (χ3n) is 7.80. The molecule has 0 amide bonds. The van der Waals surface area contributed by atoms with E-state index >= 15 is 0 Å². The molecule has 0 fully saturated rings. The highest BCUT2D eigenvalue weighted by Gasteiger charge is 2.59. The molecule has 170 valence electrons. The number of aliphatic imine (C=N–C) groups is 1. The van der Waals surface area contributed by atoms with Crippen LogP contribution in [0.15, 0.2) is 108 Å². The van der Waals surface area contributed by atoms with Crippen molar-refractivity contribution in [2.24, 2.45) is 4.99 Å². The molecule has 0 radical (unpaired) electrons. The normalized spacial score (nSPS) is 19.7. The Balaban J connectivity index is 1.41. The van der Waals surface area contributed by atoms with E-state index in [1.807, 2.05) is 6.21 Å². The Morgan fingerprint density at radius 3 is 2.29 bits per heavy atom. The van der Waals surface area contributed by atoms with Crippen molar-refractivity contribution in [3.63, 3.8) is 0 Å². The van der Waals surface area contributed by atoms with Gasteiger partial charge < -0.3 is 9.64 Å². The van der Waals surface area contributed by atoms with Crippen LogP contribution in [0.25, 0.3) is 21.5 Å². The minimum atomic E-state index is -0.732. The predicted molar refractivity (Wildman–Crippen MR) is 145 cm³/mol. The zero-order valence-electron chi connectivity index (χ0n) is 19.9. The first kappa shape index (κ1) is 20.3. The lowest BCUT2D eigenvalue weighted by atomic mass is 9.77. The molecular weight excluding hydrogens is 428 g/mol. The second-order valence-corrected chi connectivity index (χ2v) is 10.1. The molecule has 2 heterocycles. The average molecular weight is 455 g/mol. The topological polar surface area (TPSA) is 24.8 Å². The molecule has 1 unspecified atom stereocenters. The fourth-order valence-corrected chi connectivity index (χ4v) is 5.87. The van der Waals surface area contributed by atoms with Gasteiger partial charge in [-0.3, -0.25) is 4.99 Å². The summed E-state index contributed by atoms with van der Waals surface area (Å²) in [5.41, 5.74) is 3.58.